The average Bonchev–Trinajstić information content (AvgIpc) is 3.25. The highest BCUT2D eigenvalue weighted by atomic mass is 16.5. The number of aromatic nitrogens is 2. The molecule has 1 aliphatic carbocycles. The molecular formula is C27H34N4O5. The molecule has 0 radical (unpaired) electrons. The normalized spacial score (nSPS) is 20.8. The summed E-state index contributed by atoms with van der Waals surface area (Å²) in [6, 6.07) is 8.14. The monoisotopic (exact) mass is 494 g/mol. The number of amides is 2. The van der Waals surface area contributed by atoms with E-state index in [0.29, 0.717) is 11.3 Å². The Labute approximate surface area is 211 Å². The first-order valence-electron chi connectivity index (χ1n) is 12.8. The van der Waals surface area contributed by atoms with Crippen molar-refractivity contribution in [2.75, 3.05) is 11.5 Å². The molecule has 4 rings (SSSR count). The number of nitrogens with one attached hydrogen (secondary N) is 1. The molecule has 192 valence electrons. The van der Waals surface area contributed by atoms with Crippen molar-refractivity contribution in [3.05, 3.63) is 47.3 Å². The molecule has 2 aromatic rings. The minimum absolute atomic E-state index is 0.0160. The summed E-state index contributed by atoms with van der Waals surface area (Å²) in [6.45, 7) is 5.09. The Morgan fingerprint density at radius 3 is 2.47 bits per heavy atom. The molecule has 1 atom stereocenters. The summed E-state index contributed by atoms with van der Waals surface area (Å²) in [4.78, 5) is 53.6. The molecule has 0 unspecified atom stereocenters. The number of carbonyl (C=O) groups excluding carboxylic acids is 4. The lowest BCUT2D eigenvalue weighted by atomic mass is 9.91. The summed E-state index contributed by atoms with van der Waals surface area (Å²) in [5, 5.41) is 7.51. The maximum absolute atomic E-state index is 13.9. The summed E-state index contributed by atoms with van der Waals surface area (Å²) >= 11 is 0. The quantitative estimate of drug-likeness (QED) is 0.482. The number of fused-ring (bicyclic) bond motifs is 1. The molecule has 0 saturated heterocycles. The third-order valence-corrected chi connectivity index (χ3v) is 7.08. The van der Waals surface area contributed by atoms with Gasteiger partial charge in [-0.1, -0.05) is 44.2 Å². The number of nitrogens with zero attached hydrogens (tertiary/aromatic N) is 3. The van der Waals surface area contributed by atoms with E-state index >= 15 is 0 Å². The predicted molar refractivity (Wildman–Crippen MR) is 134 cm³/mol. The third kappa shape index (κ3) is 5.05. The van der Waals surface area contributed by atoms with Crippen molar-refractivity contribution in [3.63, 3.8) is 0 Å². The lowest BCUT2D eigenvalue weighted by molar-refractivity contribution is -0.127. The van der Waals surface area contributed by atoms with E-state index in [0.717, 1.165) is 38.5 Å². The van der Waals surface area contributed by atoms with E-state index in [-0.39, 0.29) is 42.3 Å². The Kier molecular flexibility index (Phi) is 7.56. The molecule has 1 aromatic carbocycles. The number of hydrogen-bond acceptors (Lipinski definition) is 6. The fourth-order valence-corrected chi connectivity index (χ4v) is 5.10. The average molecular weight is 495 g/mol. The first-order valence-corrected chi connectivity index (χ1v) is 12.8. The van der Waals surface area contributed by atoms with Crippen LogP contribution in [0.1, 0.15) is 97.1 Å². The number of carbonyl (C=O) groups is 4. The topological polar surface area (TPSA) is 111 Å². The van der Waals surface area contributed by atoms with E-state index in [1.54, 1.807) is 38.1 Å². The predicted octanol–water partition coefficient (Wildman–Crippen LogP) is 3.91. The van der Waals surface area contributed by atoms with Gasteiger partial charge in [-0.2, -0.15) is 5.10 Å². The van der Waals surface area contributed by atoms with Crippen LogP contribution in [0.4, 0.5) is 5.69 Å². The number of benzene rings is 1. The summed E-state index contributed by atoms with van der Waals surface area (Å²) < 4.78 is 6.47. The molecule has 0 spiro atoms. The highest BCUT2D eigenvalue weighted by Gasteiger charge is 2.49. The van der Waals surface area contributed by atoms with Crippen LogP contribution in [-0.4, -0.2) is 51.5 Å². The van der Waals surface area contributed by atoms with Gasteiger partial charge in [0.2, 0.25) is 5.91 Å². The molecule has 36 heavy (non-hydrogen) atoms. The molecule has 1 aliphatic heterocycles. The first-order chi connectivity index (χ1) is 17.2. The zero-order valence-electron chi connectivity index (χ0n) is 21.2. The summed E-state index contributed by atoms with van der Waals surface area (Å²) in [5.74, 6) is -1.52. The molecule has 1 N–H and O–H groups in total. The van der Waals surface area contributed by atoms with Gasteiger partial charge in [0, 0.05) is 23.4 Å². The lowest BCUT2D eigenvalue weighted by Crippen LogP contribution is -2.65. The van der Waals surface area contributed by atoms with Gasteiger partial charge < -0.3 is 10.1 Å². The highest BCUT2D eigenvalue weighted by Crippen LogP contribution is 2.34. The van der Waals surface area contributed by atoms with Gasteiger partial charge in [-0.15, -0.1) is 0 Å². The second-order valence-corrected chi connectivity index (χ2v) is 9.83. The summed E-state index contributed by atoms with van der Waals surface area (Å²) in [7, 11) is 0. The van der Waals surface area contributed by atoms with Gasteiger partial charge in [-0.3, -0.25) is 24.0 Å². The molecule has 2 aliphatic rings. The molecule has 9 nitrogen and oxygen atoms in total. The smallest absolute Gasteiger partial charge is 0.358 e. The Hall–Kier alpha value is -3.49. The number of rotatable bonds is 6. The maximum atomic E-state index is 13.9. The number of hydrogen-bond donors (Lipinski definition) is 1. The van der Waals surface area contributed by atoms with Gasteiger partial charge >= 0.3 is 5.97 Å². The van der Waals surface area contributed by atoms with Crippen LogP contribution in [0.3, 0.4) is 0 Å². The van der Waals surface area contributed by atoms with Crippen molar-refractivity contribution < 1.29 is 23.9 Å². The highest BCUT2D eigenvalue weighted by molar-refractivity contribution is 6.13. The van der Waals surface area contributed by atoms with Crippen molar-refractivity contribution in [1.82, 2.24) is 15.1 Å². The first kappa shape index (κ1) is 25.6. The summed E-state index contributed by atoms with van der Waals surface area (Å²) in [5.41, 5.74) is -0.257. The van der Waals surface area contributed by atoms with Gasteiger partial charge in [0.15, 0.2) is 11.5 Å². The standard InChI is InChI=1S/C27H34N4O5/c1-4-36-25(34)22-16-23-24(33)31(21-14-10-11-19(15-21)18(2)32)27(3,17-30(23)29-22)26(35)28-20-12-8-6-5-7-9-13-20/h10-11,14-16,20H,4-9,12-13,17H2,1-3H3,(H,28,35)/t27-/m1/s1. The lowest BCUT2D eigenvalue weighted by Gasteiger charge is -2.44. The van der Waals surface area contributed by atoms with Crippen LogP contribution >= 0.6 is 0 Å². The van der Waals surface area contributed by atoms with Crippen molar-refractivity contribution in [2.24, 2.45) is 0 Å². The third-order valence-electron chi connectivity index (χ3n) is 7.08. The minimum atomic E-state index is -1.33. The van der Waals surface area contributed by atoms with E-state index in [2.05, 4.69) is 10.4 Å². The Morgan fingerprint density at radius 2 is 1.81 bits per heavy atom. The van der Waals surface area contributed by atoms with Crippen LogP contribution in [0.15, 0.2) is 30.3 Å². The Bertz CT molecular complexity index is 1160. The van der Waals surface area contributed by atoms with Crippen LogP contribution in [0.2, 0.25) is 0 Å². The minimum Gasteiger partial charge on any atom is -0.461 e. The van der Waals surface area contributed by atoms with Crippen LogP contribution < -0.4 is 10.2 Å². The van der Waals surface area contributed by atoms with Crippen molar-refractivity contribution >= 4 is 29.3 Å². The molecule has 2 amide bonds. The van der Waals surface area contributed by atoms with Gasteiger partial charge in [-0.25, -0.2) is 4.79 Å². The number of anilines is 1. The molecule has 1 aromatic heterocycles. The Morgan fingerprint density at radius 1 is 1.11 bits per heavy atom. The van der Waals surface area contributed by atoms with E-state index in [4.69, 9.17) is 4.74 Å². The van der Waals surface area contributed by atoms with Crippen molar-refractivity contribution in [1.29, 1.82) is 0 Å². The molecule has 2 heterocycles. The second kappa shape index (κ2) is 10.6. The van der Waals surface area contributed by atoms with Crippen LogP contribution in [0.25, 0.3) is 0 Å². The van der Waals surface area contributed by atoms with Gasteiger partial charge in [0.1, 0.15) is 11.2 Å². The molecule has 1 fully saturated rings. The number of ketones is 1. The number of esters is 1. The van der Waals surface area contributed by atoms with Crippen LogP contribution in [0.5, 0.6) is 0 Å². The van der Waals surface area contributed by atoms with Gasteiger partial charge in [-0.05, 0) is 45.7 Å². The number of ether oxygens (including phenoxy) is 1. The SMILES string of the molecule is CCOC(=O)c1cc2n(n1)C[C@](C)(C(=O)NC1CCCCCCC1)N(c1cccc(C(C)=O)c1)C2=O. The maximum Gasteiger partial charge on any atom is 0.358 e. The van der Waals surface area contributed by atoms with E-state index in [1.165, 1.54) is 29.0 Å². The molecule has 0 bridgehead atoms. The zero-order valence-corrected chi connectivity index (χ0v) is 21.2. The van der Waals surface area contributed by atoms with Crippen LogP contribution in [0, 0.1) is 0 Å². The second-order valence-electron chi connectivity index (χ2n) is 9.83. The van der Waals surface area contributed by atoms with E-state index < -0.39 is 17.4 Å². The fraction of sp³-hybridized carbons (Fsp3) is 0.519. The largest absolute Gasteiger partial charge is 0.461 e. The molecule has 1 saturated carbocycles. The van der Waals surface area contributed by atoms with E-state index in [9.17, 15) is 19.2 Å². The van der Waals surface area contributed by atoms with E-state index in [1.807, 2.05) is 0 Å². The molecular weight excluding hydrogens is 460 g/mol. The number of Topliss-reactive ketones (excluding diaryl/α,β-unsaturated/α-hetero) is 1. The van der Waals surface area contributed by atoms with Crippen LogP contribution in [-0.2, 0) is 16.1 Å². The van der Waals surface area contributed by atoms with Gasteiger partial charge in [0.25, 0.3) is 5.91 Å². The Balaban J connectivity index is 1.74. The van der Waals surface area contributed by atoms with Crippen molar-refractivity contribution in [2.45, 2.75) is 83.8 Å². The summed E-state index contributed by atoms with van der Waals surface area (Å²) in [6.07, 6.45) is 7.43. The van der Waals surface area contributed by atoms with Crippen molar-refractivity contribution in [3.8, 4) is 0 Å². The fourth-order valence-electron chi connectivity index (χ4n) is 5.10. The zero-order chi connectivity index (χ0) is 25.9. The molecule has 9 heteroatoms. The van der Waals surface area contributed by atoms with Gasteiger partial charge in [0.05, 0.1) is 13.2 Å².